The van der Waals surface area contributed by atoms with Crippen LogP contribution in [0.25, 0.3) is 0 Å². The minimum atomic E-state index is -0.0740. The molecule has 4 heteroatoms. The van der Waals surface area contributed by atoms with Gasteiger partial charge in [-0.25, -0.2) is 0 Å². The molecule has 0 saturated heterocycles. The first-order valence-electron chi connectivity index (χ1n) is 9.91. The molecule has 28 heavy (non-hydrogen) atoms. The van der Waals surface area contributed by atoms with E-state index in [1.165, 1.54) is 11.1 Å². The number of nitrogens with one attached hydrogen (secondary N) is 2. The standard InChI is InChI=1S/C24H26N2O2/c1-3-15-25-24(27)21-10-6-9-20-18-7-5-8-19(18)22(26-23(20)21)16-11-13-17(14-12-16)28-4-2/h3,5-7,9-14,18-19,22,26H,1,4,8,15H2,2H3,(H,25,27). The molecule has 3 unspecified atom stereocenters. The van der Waals surface area contributed by atoms with Gasteiger partial charge < -0.3 is 15.4 Å². The molecule has 0 spiro atoms. The fourth-order valence-electron chi connectivity index (χ4n) is 4.34. The molecule has 1 amide bonds. The normalized spacial score (nSPS) is 22.0. The van der Waals surface area contributed by atoms with Crippen LogP contribution in [-0.2, 0) is 0 Å². The van der Waals surface area contributed by atoms with Crippen LogP contribution in [0.4, 0.5) is 5.69 Å². The summed E-state index contributed by atoms with van der Waals surface area (Å²) in [7, 11) is 0. The first-order chi connectivity index (χ1) is 13.7. The lowest BCUT2D eigenvalue weighted by Crippen LogP contribution is -2.32. The summed E-state index contributed by atoms with van der Waals surface area (Å²) in [6.07, 6.45) is 7.27. The Balaban J connectivity index is 1.70. The maximum Gasteiger partial charge on any atom is 0.253 e. The number of fused-ring (bicyclic) bond motifs is 3. The molecule has 0 saturated carbocycles. The highest BCUT2D eigenvalue weighted by Crippen LogP contribution is 2.50. The summed E-state index contributed by atoms with van der Waals surface area (Å²) in [6.45, 7) is 6.78. The van der Waals surface area contributed by atoms with Crippen LogP contribution in [0.3, 0.4) is 0 Å². The summed E-state index contributed by atoms with van der Waals surface area (Å²) in [5.74, 6) is 1.57. The summed E-state index contributed by atoms with van der Waals surface area (Å²) in [4.78, 5) is 12.7. The topological polar surface area (TPSA) is 50.4 Å². The number of ether oxygens (including phenoxy) is 1. The molecule has 4 rings (SSSR count). The van der Waals surface area contributed by atoms with E-state index in [2.05, 4.69) is 47.6 Å². The van der Waals surface area contributed by atoms with Crippen LogP contribution in [0.2, 0.25) is 0 Å². The number of benzene rings is 2. The quantitative estimate of drug-likeness (QED) is 0.712. The van der Waals surface area contributed by atoms with Gasteiger partial charge in [0.2, 0.25) is 0 Å². The lowest BCUT2D eigenvalue weighted by molar-refractivity contribution is 0.0958. The highest BCUT2D eigenvalue weighted by Gasteiger charge is 2.39. The molecule has 0 radical (unpaired) electrons. The number of hydrogen-bond acceptors (Lipinski definition) is 3. The number of carbonyl (C=O) groups is 1. The smallest absolute Gasteiger partial charge is 0.253 e. The number of para-hydroxylation sites is 1. The van der Waals surface area contributed by atoms with Crippen LogP contribution in [0, 0.1) is 5.92 Å². The molecule has 2 aromatic carbocycles. The molecule has 0 bridgehead atoms. The molecule has 2 aromatic rings. The average Bonchev–Trinajstić information content (AvgIpc) is 3.22. The number of anilines is 1. The Morgan fingerprint density at radius 2 is 2.11 bits per heavy atom. The van der Waals surface area contributed by atoms with Gasteiger partial charge in [0, 0.05) is 12.5 Å². The molecular weight excluding hydrogens is 348 g/mol. The molecule has 3 atom stereocenters. The third kappa shape index (κ3) is 3.31. The third-order valence-electron chi connectivity index (χ3n) is 5.60. The van der Waals surface area contributed by atoms with Crippen molar-refractivity contribution < 1.29 is 9.53 Å². The number of rotatable bonds is 6. The molecule has 0 fully saturated rings. The van der Waals surface area contributed by atoms with Gasteiger partial charge in [-0.3, -0.25) is 4.79 Å². The summed E-state index contributed by atoms with van der Waals surface area (Å²) in [6, 6.07) is 14.5. The Morgan fingerprint density at radius 3 is 2.86 bits per heavy atom. The first-order valence-corrected chi connectivity index (χ1v) is 9.91. The van der Waals surface area contributed by atoms with Crippen LogP contribution < -0.4 is 15.4 Å². The van der Waals surface area contributed by atoms with Crippen molar-refractivity contribution in [2.45, 2.75) is 25.3 Å². The lowest BCUT2D eigenvalue weighted by atomic mass is 9.76. The predicted octanol–water partition coefficient (Wildman–Crippen LogP) is 4.83. The van der Waals surface area contributed by atoms with Crippen LogP contribution in [0.5, 0.6) is 5.75 Å². The molecule has 1 aliphatic heterocycles. The van der Waals surface area contributed by atoms with Crippen molar-refractivity contribution >= 4 is 11.6 Å². The monoisotopic (exact) mass is 374 g/mol. The maximum atomic E-state index is 12.7. The SMILES string of the molecule is C=CCNC(=O)c1cccc2c1NC(c1ccc(OCC)cc1)C1CC=CC21. The predicted molar refractivity (Wildman–Crippen MR) is 113 cm³/mol. The fraction of sp³-hybridized carbons (Fsp3) is 0.292. The number of amides is 1. The highest BCUT2D eigenvalue weighted by atomic mass is 16.5. The Kier molecular flexibility index (Phi) is 5.20. The molecule has 2 aliphatic rings. The minimum Gasteiger partial charge on any atom is -0.494 e. The minimum absolute atomic E-state index is 0.0740. The maximum absolute atomic E-state index is 12.7. The van der Waals surface area contributed by atoms with Gasteiger partial charge in [-0.2, -0.15) is 0 Å². The van der Waals surface area contributed by atoms with Crippen LogP contribution >= 0.6 is 0 Å². The number of hydrogen-bond donors (Lipinski definition) is 2. The second kappa shape index (κ2) is 7.93. The first kappa shape index (κ1) is 18.4. The van der Waals surface area contributed by atoms with Crippen LogP contribution in [0.15, 0.2) is 67.3 Å². The molecular formula is C24H26N2O2. The van der Waals surface area contributed by atoms with E-state index in [1.807, 2.05) is 31.2 Å². The van der Waals surface area contributed by atoms with Gasteiger partial charge in [0.1, 0.15) is 5.75 Å². The molecule has 2 N–H and O–H groups in total. The zero-order chi connectivity index (χ0) is 19.5. The van der Waals surface area contributed by atoms with E-state index in [1.54, 1.807) is 6.08 Å². The van der Waals surface area contributed by atoms with Crippen LogP contribution in [-0.4, -0.2) is 19.1 Å². The van der Waals surface area contributed by atoms with E-state index in [9.17, 15) is 4.79 Å². The Labute approximate surface area is 166 Å². The van der Waals surface area contributed by atoms with E-state index in [0.29, 0.717) is 30.6 Å². The van der Waals surface area contributed by atoms with Gasteiger partial charge in [0.25, 0.3) is 5.91 Å². The molecule has 144 valence electrons. The molecule has 0 aromatic heterocycles. The number of allylic oxidation sites excluding steroid dienone is 2. The van der Waals surface area contributed by atoms with Gasteiger partial charge in [-0.05, 0) is 48.6 Å². The van der Waals surface area contributed by atoms with Gasteiger partial charge in [0.05, 0.1) is 23.9 Å². The van der Waals surface area contributed by atoms with Crippen molar-refractivity contribution in [3.63, 3.8) is 0 Å². The van der Waals surface area contributed by atoms with Crippen molar-refractivity contribution in [2.24, 2.45) is 5.92 Å². The highest BCUT2D eigenvalue weighted by molar-refractivity contribution is 6.00. The summed E-state index contributed by atoms with van der Waals surface area (Å²) < 4.78 is 5.59. The summed E-state index contributed by atoms with van der Waals surface area (Å²) in [5, 5.41) is 6.60. The van der Waals surface area contributed by atoms with Crippen molar-refractivity contribution in [3.05, 3.63) is 84.0 Å². The van der Waals surface area contributed by atoms with Crippen molar-refractivity contribution in [1.82, 2.24) is 5.32 Å². The molecule has 1 aliphatic carbocycles. The van der Waals surface area contributed by atoms with Crippen molar-refractivity contribution in [1.29, 1.82) is 0 Å². The average molecular weight is 374 g/mol. The van der Waals surface area contributed by atoms with E-state index >= 15 is 0 Å². The molecule has 4 nitrogen and oxygen atoms in total. The fourth-order valence-corrected chi connectivity index (χ4v) is 4.34. The van der Waals surface area contributed by atoms with Gasteiger partial charge in [-0.15, -0.1) is 6.58 Å². The molecule has 1 heterocycles. The third-order valence-corrected chi connectivity index (χ3v) is 5.60. The van der Waals surface area contributed by atoms with E-state index in [4.69, 9.17) is 4.74 Å². The van der Waals surface area contributed by atoms with Crippen molar-refractivity contribution in [2.75, 3.05) is 18.5 Å². The summed E-state index contributed by atoms with van der Waals surface area (Å²) >= 11 is 0. The van der Waals surface area contributed by atoms with E-state index < -0.39 is 0 Å². The van der Waals surface area contributed by atoms with E-state index in [-0.39, 0.29) is 11.9 Å². The van der Waals surface area contributed by atoms with Crippen molar-refractivity contribution in [3.8, 4) is 5.75 Å². The number of carbonyl (C=O) groups excluding carboxylic acids is 1. The zero-order valence-electron chi connectivity index (χ0n) is 16.2. The Morgan fingerprint density at radius 1 is 1.29 bits per heavy atom. The van der Waals surface area contributed by atoms with E-state index in [0.717, 1.165) is 17.9 Å². The summed E-state index contributed by atoms with van der Waals surface area (Å²) in [5.41, 5.74) is 4.05. The van der Waals surface area contributed by atoms with Gasteiger partial charge >= 0.3 is 0 Å². The Hall–Kier alpha value is -3.01. The van der Waals surface area contributed by atoms with Gasteiger partial charge in [0.15, 0.2) is 0 Å². The second-order valence-corrected chi connectivity index (χ2v) is 7.25. The largest absolute Gasteiger partial charge is 0.494 e. The zero-order valence-corrected chi connectivity index (χ0v) is 16.2. The van der Waals surface area contributed by atoms with Crippen LogP contribution in [0.1, 0.15) is 46.8 Å². The van der Waals surface area contributed by atoms with Gasteiger partial charge in [-0.1, -0.05) is 42.5 Å². The Bertz CT molecular complexity index is 901. The second-order valence-electron chi connectivity index (χ2n) is 7.25. The lowest BCUT2D eigenvalue weighted by Gasteiger charge is -2.38.